The molecule has 1 aliphatic rings. The van der Waals surface area contributed by atoms with Crippen molar-refractivity contribution in [1.29, 1.82) is 0 Å². The lowest BCUT2D eigenvalue weighted by Crippen LogP contribution is -2.28. The minimum absolute atomic E-state index is 0.173. The van der Waals surface area contributed by atoms with Crippen LogP contribution in [0.4, 0.5) is 0 Å². The van der Waals surface area contributed by atoms with Crippen LogP contribution < -0.4 is 14.8 Å². The van der Waals surface area contributed by atoms with Gasteiger partial charge in [0.2, 0.25) is 5.90 Å². The number of nitrogens with one attached hydrogen (secondary N) is 1. The summed E-state index contributed by atoms with van der Waals surface area (Å²) in [6.07, 6.45) is 1.61. The van der Waals surface area contributed by atoms with Crippen LogP contribution in [0.5, 0.6) is 11.5 Å². The maximum atomic E-state index is 12.3. The molecule has 0 saturated heterocycles. The van der Waals surface area contributed by atoms with E-state index in [0.29, 0.717) is 34.7 Å². The average molecular weight is 535 g/mol. The summed E-state index contributed by atoms with van der Waals surface area (Å²) in [6, 6.07) is 22.3. The number of rotatable bonds is 9. The summed E-state index contributed by atoms with van der Waals surface area (Å²) in [7, 11) is 0. The molecule has 0 saturated carbocycles. The van der Waals surface area contributed by atoms with E-state index in [9.17, 15) is 9.59 Å². The number of carbonyl (C=O) groups excluding carboxylic acids is 2. The molecule has 1 N–H and O–H groups in total. The Morgan fingerprint density at radius 3 is 2.49 bits per heavy atom. The van der Waals surface area contributed by atoms with Crippen molar-refractivity contribution in [3.05, 3.63) is 99.7 Å². The summed E-state index contributed by atoms with van der Waals surface area (Å²) in [6.45, 7) is 2.47. The SMILES string of the molecule is CCOc1cc(C=C2N=C(c3ccccc3)OC2=O)cc(Br)c1OCC(=O)NCc1ccccc1. The first kappa shape index (κ1) is 24.2. The zero-order valence-corrected chi connectivity index (χ0v) is 20.6. The number of hydrogen-bond acceptors (Lipinski definition) is 6. The highest BCUT2D eigenvalue weighted by molar-refractivity contribution is 9.10. The molecule has 0 fully saturated rings. The molecule has 8 heteroatoms. The standard InChI is InChI=1S/C27H23BrN2O5/c1-2-33-23-15-19(14-22-27(32)35-26(30-22)20-11-7-4-8-12-20)13-21(28)25(23)34-17-24(31)29-16-18-9-5-3-6-10-18/h3-15H,2,16-17H2,1H3,(H,29,31). The summed E-state index contributed by atoms with van der Waals surface area (Å²) in [5.74, 6) is 0.293. The second-order valence-corrected chi connectivity index (χ2v) is 8.37. The number of hydrogen-bond donors (Lipinski definition) is 1. The Morgan fingerprint density at radius 1 is 1.06 bits per heavy atom. The van der Waals surface area contributed by atoms with E-state index in [1.807, 2.05) is 67.6 Å². The van der Waals surface area contributed by atoms with E-state index >= 15 is 0 Å². The third-order valence-electron chi connectivity index (χ3n) is 4.96. The van der Waals surface area contributed by atoms with Crippen LogP contribution in [0.1, 0.15) is 23.6 Å². The summed E-state index contributed by atoms with van der Waals surface area (Å²) in [5, 5.41) is 2.83. The fourth-order valence-electron chi connectivity index (χ4n) is 3.33. The van der Waals surface area contributed by atoms with Gasteiger partial charge in [-0.3, -0.25) is 4.79 Å². The molecule has 178 valence electrons. The smallest absolute Gasteiger partial charge is 0.363 e. The van der Waals surface area contributed by atoms with Crippen LogP contribution in [0, 0.1) is 0 Å². The highest BCUT2D eigenvalue weighted by atomic mass is 79.9. The van der Waals surface area contributed by atoms with Gasteiger partial charge < -0.3 is 19.5 Å². The Bertz CT molecular complexity index is 1270. The van der Waals surface area contributed by atoms with Crippen molar-refractivity contribution in [3.63, 3.8) is 0 Å². The minimum Gasteiger partial charge on any atom is -0.490 e. The second-order valence-electron chi connectivity index (χ2n) is 7.52. The highest BCUT2D eigenvalue weighted by Gasteiger charge is 2.24. The molecule has 1 aliphatic heterocycles. The quantitative estimate of drug-likeness (QED) is 0.312. The predicted molar refractivity (Wildman–Crippen MR) is 136 cm³/mol. The van der Waals surface area contributed by atoms with Gasteiger partial charge in [-0.05, 0) is 64.3 Å². The number of aliphatic imine (C=N–C) groups is 1. The van der Waals surface area contributed by atoms with E-state index in [0.717, 1.165) is 11.1 Å². The molecule has 1 heterocycles. The summed E-state index contributed by atoms with van der Waals surface area (Å²) in [4.78, 5) is 29.0. The minimum atomic E-state index is -0.534. The molecule has 3 aromatic rings. The van der Waals surface area contributed by atoms with Gasteiger partial charge in [-0.1, -0.05) is 48.5 Å². The molecule has 3 aromatic carbocycles. The number of esters is 1. The molecule has 0 atom stereocenters. The van der Waals surface area contributed by atoms with Gasteiger partial charge in [-0.2, -0.15) is 0 Å². The van der Waals surface area contributed by atoms with Crippen molar-refractivity contribution in [1.82, 2.24) is 5.32 Å². The zero-order valence-electron chi connectivity index (χ0n) is 19.0. The summed E-state index contributed by atoms with van der Waals surface area (Å²) in [5.41, 5.74) is 2.55. The first-order valence-corrected chi connectivity index (χ1v) is 11.8. The second kappa shape index (κ2) is 11.5. The van der Waals surface area contributed by atoms with Crippen molar-refractivity contribution >= 4 is 39.8 Å². The predicted octanol–water partition coefficient (Wildman–Crippen LogP) is 4.89. The molecule has 0 radical (unpaired) electrons. The van der Waals surface area contributed by atoms with Gasteiger partial charge in [0.1, 0.15) is 0 Å². The molecule has 0 unspecified atom stereocenters. The van der Waals surface area contributed by atoms with Crippen LogP contribution in [0.3, 0.4) is 0 Å². The molecule has 7 nitrogen and oxygen atoms in total. The maximum Gasteiger partial charge on any atom is 0.363 e. The van der Waals surface area contributed by atoms with E-state index in [1.54, 1.807) is 18.2 Å². The van der Waals surface area contributed by atoms with E-state index in [-0.39, 0.29) is 24.1 Å². The molecular formula is C27H23BrN2O5. The van der Waals surface area contributed by atoms with Crippen LogP contribution in [0.25, 0.3) is 6.08 Å². The van der Waals surface area contributed by atoms with Gasteiger partial charge in [-0.15, -0.1) is 0 Å². The Labute approximate surface area is 211 Å². The van der Waals surface area contributed by atoms with E-state index in [1.165, 1.54) is 0 Å². The summed E-state index contributed by atoms with van der Waals surface area (Å²) < 4.78 is 17.4. The summed E-state index contributed by atoms with van der Waals surface area (Å²) >= 11 is 3.49. The highest BCUT2D eigenvalue weighted by Crippen LogP contribution is 2.38. The van der Waals surface area contributed by atoms with Crippen LogP contribution >= 0.6 is 15.9 Å². The lowest BCUT2D eigenvalue weighted by molar-refractivity contribution is -0.130. The first-order chi connectivity index (χ1) is 17.0. The van der Waals surface area contributed by atoms with Gasteiger partial charge in [-0.25, -0.2) is 9.79 Å². The lowest BCUT2D eigenvalue weighted by Gasteiger charge is -2.15. The van der Waals surface area contributed by atoms with Gasteiger partial charge in [0.15, 0.2) is 23.8 Å². The number of ether oxygens (including phenoxy) is 3. The van der Waals surface area contributed by atoms with Crippen LogP contribution in [0.2, 0.25) is 0 Å². The number of amides is 1. The molecule has 1 amide bonds. The van der Waals surface area contributed by atoms with Crippen LogP contribution in [-0.2, 0) is 20.9 Å². The number of nitrogens with zero attached hydrogens (tertiary/aromatic N) is 1. The molecular weight excluding hydrogens is 512 g/mol. The number of carbonyl (C=O) groups is 2. The average Bonchev–Trinajstić information content (AvgIpc) is 3.23. The van der Waals surface area contributed by atoms with Crippen molar-refractivity contribution in [3.8, 4) is 11.5 Å². The van der Waals surface area contributed by atoms with Gasteiger partial charge in [0, 0.05) is 12.1 Å². The monoisotopic (exact) mass is 534 g/mol. The van der Waals surface area contributed by atoms with Crippen LogP contribution in [-0.4, -0.2) is 31.0 Å². The number of cyclic esters (lactones) is 1. The molecule has 0 bridgehead atoms. The van der Waals surface area contributed by atoms with E-state index in [4.69, 9.17) is 14.2 Å². The molecule has 4 rings (SSSR count). The van der Waals surface area contributed by atoms with Gasteiger partial charge >= 0.3 is 5.97 Å². The lowest BCUT2D eigenvalue weighted by atomic mass is 10.1. The van der Waals surface area contributed by atoms with Crippen molar-refractivity contribution in [2.75, 3.05) is 13.2 Å². The Balaban J connectivity index is 1.48. The normalized spacial score (nSPS) is 13.8. The van der Waals surface area contributed by atoms with E-state index < -0.39 is 5.97 Å². The van der Waals surface area contributed by atoms with E-state index in [2.05, 4.69) is 26.2 Å². The molecule has 0 spiro atoms. The topological polar surface area (TPSA) is 86.2 Å². The fourth-order valence-corrected chi connectivity index (χ4v) is 3.90. The van der Waals surface area contributed by atoms with Crippen LogP contribution in [0.15, 0.2) is 88.0 Å². The Morgan fingerprint density at radius 2 is 1.77 bits per heavy atom. The third kappa shape index (κ3) is 6.36. The van der Waals surface area contributed by atoms with Crippen molar-refractivity contribution in [2.45, 2.75) is 13.5 Å². The van der Waals surface area contributed by atoms with Crippen molar-refractivity contribution < 1.29 is 23.8 Å². The fraction of sp³-hybridized carbons (Fsp3) is 0.148. The largest absolute Gasteiger partial charge is 0.490 e. The molecule has 0 aliphatic carbocycles. The Kier molecular flexibility index (Phi) is 7.95. The van der Waals surface area contributed by atoms with Crippen molar-refractivity contribution in [2.24, 2.45) is 4.99 Å². The first-order valence-electron chi connectivity index (χ1n) is 11.0. The maximum absolute atomic E-state index is 12.3. The van der Waals surface area contributed by atoms with Gasteiger partial charge in [0.25, 0.3) is 5.91 Å². The zero-order chi connectivity index (χ0) is 24.6. The number of halogens is 1. The molecule has 35 heavy (non-hydrogen) atoms. The molecule has 0 aromatic heterocycles. The van der Waals surface area contributed by atoms with Gasteiger partial charge in [0.05, 0.1) is 11.1 Å². The third-order valence-corrected chi connectivity index (χ3v) is 5.55. The number of benzene rings is 3. The Hall–Kier alpha value is -3.91.